The molecule has 1 amide bonds. The number of nitrogens with two attached hydrogens (primary N) is 2. The number of anilines is 2. The summed E-state index contributed by atoms with van der Waals surface area (Å²) in [6, 6.07) is 2.05. The van der Waals surface area contributed by atoms with E-state index in [1.54, 1.807) is 6.07 Å². The second kappa shape index (κ2) is 6.76. The van der Waals surface area contributed by atoms with E-state index < -0.39 is 0 Å². The summed E-state index contributed by atoms with van der Waals surface area (Å²) in [4.78, 5) is 22.0. The molecule has 0 radical (unpaired) electrons. The van der Waals surface area contributed by atoms with E-state index in [1.165, 1.54) is 24.6 Å². The lowest BCUT2D eigenvalue weighted by Gasteiger charge is -2.29. The molecule has 0 unspecified atom stereocenters. The van der Waals surface area contributed by atoms with E-state index >= 15 is 0 Å². The lowest BCUT2D eigenvalue weighted by atomic mass is 10.2. The monoisotopic (exact) mass is 296 g/mol. The topological polar surface area (TPSA) is 110 Å². The van der Waals surface area contributed by atoms with Crippen molar-refractivity contribution in [3.8, 4) is 0 Å². The summed E-state index contributed by atoms with van der Waals surface area (Å²) in [5.74, 6) is 6.31. The van der Waals surface area contributed by atoms with Gasteiger partial charge < -0.3 is 16.1 Å². The van der Waals surface area contributed by atoms with Crippen LogP contribution in [0.3, 0.4) is 0 Å². The number of hydrazine groups is 1. The number of hydrogen-bond donors (Lipinski definition) is 3. The Morgan fingerprint density at radius 1 is 1.50 bits per heavy atom. The van der Waals surface area contributed by atoms with E-state index in [0.29, 0.717) is 22.8 Å². The molecule has 8 heteroatoms. The molecule has 0 saturated heterocycles. The lowest BCUT2D eigenvalue weighted by molar-refractivity contribution is -0.116. The van der Waals surface area contributed by atoms with Crippen LogP contribution >= 0.6 is 11.8 Å². The Morgan fingerprint density at radius 2 is 2.20 bits per heavy atom. The minimum Gasteiger partial charge on any atom is -0.368 e. The first-order chi connectivity index (χ1) is 9.63. The molecule has 0 atom stereocenters. The van der Waals surface area contributed by atoms with E-state index in [4.69, 9.17) is 11.6 Å². The van der Waals surface area contributed by atoms with Gasteiger partial charge in [0.25, 0.3) is 0 Å². The van der Waals surface area contributed by atoms with Crippen molar-refractivity contribution >= 4 is 29.3 Å². The Bertz CT molecular complexity index is 455. The van der Waals surface area contributed by atoms with E-state index in [0.717, 1.165) is 12.8 Å². The van der Waals surface area contributed by atoms with Crippen LogP contribution in [0.4, 0.5) is 11.6 Å². The summed E-state index contributed by atoms with van der Waals surface area (Å²) in [5, 5.41) is 0.614. The van der Waals surface area contributed by atoms with Gasteiger partial charge in [0.1, 0.15) is 11.6 Å². The Kier molecular flexibility index (Phi) is 5.02. The Morgan fingerprint density at radius 3 is 2.75 bits per heavy atom. The minimum atomic E-state index is -0.358. The molecule has 20 heavy (non-hydrogen) atoms. The molecule has 1 aromatic rings. The highest BCUT2D eigenvalue weighted by Gasteiger charge is 2.25. The average molecular weight is 296 g/mol. The molecular weight excluding hydrogens is 276 g/mol. The van der Waals surface area contributed by atoms with Gasteiger partial charge in [0.05, 0.1) is 6.54 Å². The molecular formula is C12H20N6OS. The number of nitrogens with zero attached hydrogens (tertiary/aromatic N) is 3. The third-order valence-corrected chi connectivity index (χ3v) is 3.96. The molecule has 7 nitrogen and oxygen atoms in total. The number of nitrogens with one attached hydrogen (secondary N) is 1. The van der Waals surface area contributed by atoms with Gasteiger partial charge in [0.15, 0.2) is 5.16 Å². The fourth-order valence-corrected chi connectivity index (χ4v) is 2.88. The molecule has 0 aromatic carbocycles. The molecule has 1 aliphatic rings. The molecule has 1 heterocycles. The van der Waals surface area contributed by atoms with Crippen LogP contribution in [0.2, 0.25) is 0 Å². The fraction of sp³-hybridized carbons (Fsp3) is 0.583. The zero-order valence-electron chi connectivity index (χ0n) is 11.5. The summed E-state index contributed by atoms with van der Waals surface area (Å²) in [7, 11) is 0. The summed E-state index contributed by atoms with van der Waals surface area (Å²) < 4.78 is 0. The summed E-state index contributed by atoms with van der Waals surface area (Å²) in [6.45, 7) is 0.166. The predicted octanol–water partition coefficient (Wildman–Crippen LogP) is 0.718. The van der Waals surface area contributed by atoms with Gasteiger partial charge in [-0.1, -0.05) is 24.6 Å². The number of primary amides is 1. The molecule has 5 N–H and O–H groups in total. The van der Waals surface area contributed by atoms with Gasteiger partial charge in [-0.25, -0.2) is 15.8 Å². The third-order valence-electron chi connectivity index (χ3n) is 3.41. The van der Waals surface area contributed by atoms with Crippen LogP contribution < -0.4 is 21.9 Å². The Labute approximate surface area is 122 Å². The Hall–Kier alpha value is -1.54. The van der Waals surface area contributed by atoms with Crippen molar-refractivity contribution in [2.75, 3.05) is 23.1 Å². The van der Waals surface area contributed by atoms with Crippen LogP contribution in [0.1, 0.15) is 25.7 Å². The number of thioether (sulfide) groups is 1. The number of hydrogen-bond acceptors (Lipinski definition) is 7. The van der Waals surface area contributed by atoms with Crippen LogP contribution in [-0.2, 0) is 4.79 Å². The average Bonchev–Trinajstić information content (AvgIpc) is 2.97. The van der Waals surface area contributed by atoms with Gasteiger partial charge >= 0.3 is 0 Å². The minimum absolute atomic E-state index is 0.166. The molecule has 0 aliphatic heterocycles. The molecule has 0 spiro atoms. The van der Waals surface area contributed by atoms with Crippen molar-refractivity contribution in [3.63, 3.8) is 0 Å². The van der Waals surface area contributed by atoms with Gasteiger partial charge in [-0.05, 0) is 19.1 Å². The van der Waals surface area contributed by atoms with Crippen molar-refractivity contribution in [3.05, 3.63) is 6.07 Å². The largest absolute Gasteiger partial charge is 0.368 e. The molecule has 110 valence electrons. The van der Waals surface area contributed by atoms with E-state index in [9.17, 15) is 4.79 Å². The van der Waals surface area contributed by atoms with Gasteiger partial charge in [-0.2, -0.15) is 0 Å². The van der Waals surface area contributed by atoms with Crippen LogP contribution in [0.15, 0.2) is 11.2 Å². The first kappa shape index (κ1) is 14.9. The van der Waals surface area contributed by atoms with Crippen LogP contribution in [0.25, 0.3) is 0 Å². The number of amides is 1. The Balaban J connectivity index is 2.33. The van der Waals surface area contributed by atoms with E-state index in [-0.39, 0.29) is 12.5 Å². The van der Waals surface area contributed by atoms with Gasteiger partial charge in [0.2, 0.25) is 5.91 Å². The zero-order chi connectivity index (χ0) is 14.5. The van der Waals surface area contributed by atoms with E-state index in [1.807, 2.05) is 11.2 Å². The van der Waals surface area contributed by atoms with Gasteiger partial charge in [-0.15, -0.1) is 0 Å². The summed E-state index contributed by atoms with van der Waals surface area (Å²) in [6.07, 6.45) is 6.34. The number of carbonyl (C=O) groups excluding carboxylic acids is 1. The lowest BCUT2D eigenvalue weighted by Crippen LogP contribution is -2.40. The molecule has 1 fully saturated rings. The van der Waals surface area contributed by atoms with Crippen LogP contribution in [0.5, 0.6) is 0 Å². The fourth-order valence-electron chi connectivity index (χ4n) is 2.51. The first-order valence-electron chi connectivity index (χ1n) is 6.58. The maximum atomic E-state index is 11.3. The predicted molar refractivity (Wildman–Crippen MR) is 80.4 cm³/mol. The third kappa shape index (κ3) is 3.51. The van der Waals surface area contributed by atoms with Crippen molar-refractivity contribution in [2.24, 2.45) is 11.6 Å². The molecule has 1 saturated carbocycles. The highest BCUT2D eigenvalue weighted by Crippen LogP contribution is 2.28. The number of nitrogen functional groups attached to an aromatic ring is 1. The number of rotatable bonds is 6. The molecule has 1 aromatic heterocycles. The van der Waals surface area contributed by atoms with Crippen molar-refractivity contribution in [2.45, 2.75) is 36.9 Å². The number of carbonyl (C=O) groups is 1. The molecule has 0 bridgehead atoms. The van der Waals surface area contributed by atoms with Crippen LogP contribution in [0, 0.1) is 0 Å². The molecule has 1 aliphatic carbocycles. The summed E-state index contributed by atoms with van der Waals surface area (Å²) >= 11 is 1.43. The standard InChI is InChI=1S/C12H20N6OS/c1-20-12-15-10(17-14)6-11(16-12)18(7-9(13)19)8-4-2-3-5-8/h6,8H,2-5,7,14H2,1H3,(H2,13,19)(H,15,16,17). The zero-order valence-corrected chi connectivity index (χ0v) is 12.3. The first-order valence-corrected chi connectivity index (χ1v) is 7.81. The second-order valence-corrected chi connectivity index (χ2v) is 5.55. The number of aromatic nitrogens is 2. The van der Waals surface area contributed by atoms with Gasteiger partial charge in [-0.3, -0.25) is 4.79 Å². The second-order valence-electron chi connectivity index (χ2n) is 4.77. The van der Waals surface area contributed by atoms with E-state index in [2.05, 4.69) is 15.4 Å². The maximum absolute atomic E-state index is 11.3. The van der Waals surface area contributed by atoms with Crippen molar-refractivity contribution < 1.29 is 4.79 Å². The highest BCUT2D eigenvalue weighted by atomic mass is 32.2. The quantitative estimate of drug-likeness (QED) is 0.307. The molecule has 2 rings (SSSR count). The SMILES string of the molecule is CSc1nc(NN)cc(N(CC(N)=O)C2CCCC2)n1. The van der Waals surface area contributed by atoms with Crippen molar-refractivity contribution in [1.29, 1.82) is 0 Å². The smallest absolute Gasteiger partial charge is 0.237 e. The normalized spacial score (nSPS) is 15.3. The summed E-state index contributed by atoms with van der Waals surface area (Å²) in [5.41, 5.74) is 7.90. The highest BCUT2D eigenvalue weighted by molar-refractivity contribution is 7.98. The van der Waals surface area contributed by atoms with Crippen LogP contribution in [-0.4, -0.2) is 34.7 Å². The maximum Gasteiger partial charge on any atom is 0.237 e. The van der Waals surface area contributed by atoms with Crippen molar-refractivity contribution in [1.82, 2.24) is 9.97 Å². The van der Waals surface area contributed by atoms with Gasteiger partial charge in [0, 0.05) is 12.1 Å².